The highest BCUT2D eigenvalue weighted by Gasteiger charge is 2.31. The lowest BCUT2D eigenvalue weighted by molar-refractivity contribution is -0.274. The van der Waals surface area contributed by atoms with E-state index in [-0.39, 0.29) is 11.3 Å². The van der Waals surface area contributed by atoms with Gasteiger partial charge in [0, 0.05) is 5.69 Å². The Labute approximate surface area is 188 Å². The van der Waals surface area contributed by atoms with E-state index in [4.69, 9.17) is 18.9 Å². The predicted molar refractivity (Wildman–Crippen MR) is 112 cm³/mol. The molecule has 0 aliphatic carbocycles. The van der Waals surface area contributed by atoms with Gasteiger partial charge in [-0.15, -0.1) is 13.2 Å². The molecular formula is C22H24F3NO7. The zero-order chi connectivity index (χ0) is 24.4. The molecule has 1 N–H and O–H groups in total. The van der Waals surface area contributed by atoms with Crippen molar-refractivity contribution >= 4 is 17.6 Å². The van der Waals surface area contributed by atoms with Gasteiger partial charge in [-0.2, -0.15) is 0 Å². The van der Waals surface area contributed by atoms with Crippen molar-refractivity contribution in [1.82, 2.24) is 0 Å². The molecule has 0 saturated heterocycles. The summed E-state index contributed by atoms with van der Waals surface area (Å²) in [7, 11) is 0. The van der Waals surface area contributed by atoms with Crippen molar-refractivity contribution in [3.05, 3.63) is 42.0 Å². The number of hydrogen-bond acceptors (Lipinski definition) is 7. The largest absolute Gasteiger partial charge is 0.573 e. The van der Waals surface area contributed by atoms with Crippen LogP contribution in [-0.2, 0) is 9.53 Å². The van der Waals surface area contributed by atoms with Gasteiger partial charge in [0.25, 0.3) is 5.91 Å². The number of carbonyl (C=O) groups excluding carboxylic acids is 2. The Balaban J connectivity index is 2.03. The zero-order valence-corrected chi connectivity index (χ0v) is 18.3. The third-order valence-corrected chi connectivity index (χ3v) is 3.85. The number of ether oxygens (including phenoxy) is 5. The second-order valence-corrected chi connectivity index (χ2v) is 6.30. The number of halogens is 3. The summed E-state index contributed by atoms with van der Waals surface area (Å²) in [5.41, 5.74) is 0.288. The van der Waals surface area contributed by atoms with Crippen LogP contribution in [0.15, 0.2) is 36.4 Å². The molecule has 0 saturated carbocycles. The molecule has 0 aromatic heterocycles. The first-order valence-electron chi connectivity index (χ1n) is 10.1. The number of anilines is 1. The van der Waals surface area contributed by atoms with Gasteiger partial charge in [0.2, 0.25) is 5.75 Å². The van der Waals surface area contributed by atoms with Gasteiger partial charge in [-0.3, -0.25) is 4.79 Å². The first-order valence-corrected chi connectivity index (χ1v) is 10.1. The molecule has 180 valence electrons. The van der Waals surface area contributed by atoms with Crippen LogP contribution in [0.3, 0.4) is 0 Å². The van der Waals surface area contributed by atoms with Crippen molar-refractivity contribution in [1.29, 1.82) is 0 Å². The minimum absolute atomic E-state index is 0.0896. The molecule has 2 aromatic carbocycles. The Morgan fingerprint density at radius 1 is 0.879 bits per heavy atom. The average Bonchev–Trinajstić information content (AvgIpc) is 2.75. The number of carbonyl (C=O) groups is 2. The number of esters is 1. The number of benzene rings is 2. The molecule has 0 atom stereocenters. The molecule has 2 aromatic rings. The van der Waals surface area contributed by atoms with Crippen LogP contribution in [0.25, 0.3) is 0 Å². The average molecular weight is 471 g/mol. The van der Waals surface area contributed by atoms with Crippen LogP contribution >= 0.6 is 0 Å². The van der Waals surface area contributed by atoms with E-state index < -0.39 is 30.6 Å². The molecule has 2 rings (SSSR count). The fraction of sp³-hybridized carbons (Fsp3) is 0.364. The molecule has 0 unspecified atom stereocenters. The minimum Gasteiger partial charge on any atom is -0.490 e. The van der Waals surface area contributed by atoms with Crippen molar-refractivity contribution < 1.29 is 46.4 Å². The molecule has 0 radical (unpaired) electrons. The van der Waals surface area contributed by atoms with E-state index in [1.807, 2.05) is 0 Å². The van der Waals surface area contributed by atoms with E-state index in [9.17, 15) is 22.8 Å². The van der Waals surface area contributed by atoms with Crippen LogP contribution in [0.5, 0.6) is 23.0 Å². The van der Waals surface area contributed by atoms with Gasteiger partial charge >= 0.3 is 12.3 Å². The van der Waals surface area contributed by atoms with E-state index in [1.54, 1.807) is 20.8 Å². The van der Waals surface area contributed by atoms with Crippen molar-refractivity contribution in [3.63, 3.8) is 0 Å². The Morgan fingerprint density at radius 2 is 1.42 bits per heavy atom. The summed E-state index contributed by atoms with van der Waals surface area (Å²) in [6.45, 7) is 5.70. The van der Waals surface area contributed by atoms with Gasteiger partial charge in [0.1, 0.15) is 5.75 Å². The molecule has 0 heterocycles. The van der Waals surface area contributed by atoms with E-state index >= 15 is 0 Å². The highest BCUT2D eigenvalue weighted by atomic mass is 19.4. The van der Waals surface area contributed by atoms with Crippen LogP contribution in [0.4, 0.5) is 18.9 Å². The summed E-state index contributed by atoms with van der Waals surface area (Å²) >= 11 is 0. The molecule has 0 fully saturated rings. The fourth-order valence-corrected chi connectivity index (χ4v) is 2.66. The Hall–Kier alpha value is -3.63. The quantitative estimate of drug-likeness (QED) is 0.480. The summed E-state index contributed by atoms with van der Waals surface area (Å²) in [6, 6.07) is 7.37. The maximum atomic E-state index is 12.5. The van der Waals surface area contributed by atoms with Crippen LogP contribution in [0, 0.1) is 0 Å². The van der Waals surface area contributed by atoms with Crippen LogP contribution in [-0.4, -0.2) is 44.7 Å². The molecule has 11 heteroatoms. The maximum absolute atomic E-state index is 12.5. The maximum Gasteiger partial charge on any atom is 0.573 e. The normalized spacial score (nSPS) is 10.8. The van der Waals surface area contributed by atoms with E-state index in [0.29, 0.717) is 37.1 Å². The van der Waals surface area contributed by atoms with E-state index in [2.05, 4.69) is 10.1 Å². The van der Waals surface area contributed by atoms with E-state index in [1.165, 1.54) is 24.3 Å². The highest BCUT2D eigenvalue weighted by Crippen LogP contribution is 2.39. The zero-order valence-electron chi connectivity index (χ0n) is 18.3. The molecule has 0 bridgehead atoms. The van der Waals surface area contributed by atoms with E-state index in [0.717, 1.165) is 12.1 Å². The first-order chi connectivity index (χ1) is 15.7. The molecular weight excluding hydrogens is 447 g/mol. The van der Waals surface area contributed by atoms with Crippen LogP contribution in [0.2, 0.25) is 0 Å². The summed E-state index contributed by atoms with van der Waals surface area (Å²) < 4.78 is 62.0. The SMILES string of the molecule is CCOc1cc(C(=O)OCC(=O)Nc2ccc(OC(F)(F)F)cc2)cc(OCC)c1OCC. The van der Waals surface area contributed by atoms with Gasteiger partial charge < -0.3 is 29.0 Å². The standard InChI is InChI=1S/C22H24F3NO7/c1-4-29-17-11-14(12-18(30-5-2)20(17)31-6-3)21(28)32-13-19(27)26-15-7-9-16(10-8-15)33-22(23,24)25/h7-12H,4-6,13H2,1-3H3,(H,26,27). The lowest BCUT2D eigenvalue weighted by Crippen LogP contribution is -2.21. The van der Waals surface area contributed by atoms with Gasteiger partial charge in [0.15, 0.2) is 18.1 Å². The second kappa shape index (κ2) is 11.8. The Bertz CT molecular complexity index is 919. The van der Waals surface area contributed by atoms with Gasteiger partial charge in [-0.05, 0) is 57.2 Å². The molecule has 0 spiro atoms. The van der Waals surface area contributed by atoms with Gasteiger partial charge in [0.05, 0.1) is 25.4 Å². The van der Waals surface area contributed by atoms with Gasteiger partial charge in [-0.25, -0.2) is 4.79 Å². The Morgan fingerprint density at radius 3 is 1.91 bits per heavy atom. The molecule has 1 amide bonds. The lowest BCUT2D eigenvalue weighted by Gasteiger charge is -2.16. The summed E-state index contributed by atoms with van der Waals surface area (Å²) in [5.74, 6) is -0.977. The second-order valence-electron chi connectivity index (χ2n) is 6.30. The summed E-state index contributed by atoms with van der Waals surface area (Å²) in [5, 5.41) is 2.41. The van der Waals surface area contributed by atoms with Crippen molar-refractivity contribution in [2.45, 2.75) is 27.1 Å². The van der Waals surface area contributed by atoms with Crippen LogP contribution < -0.4 is 24.3 Å². The van der Waals surface area contributed by atoms with Crippen molar-refractivity contribution in [3.8, 4) is 23.0 Å². The molecule has 0 aliphatic heterocycles. The number of nitrogens with one attached hydrogen (secondary N) is 1. The highest BCUT2D eigenvalue weighted by molar-refractivity contribution is 5.96. The minimum atomic E-state index is -4.82. The first kappa shape index (κ1) is 25.6. The monoisotopic (exact) mass is 471 g/mol. The smallest absolute Gasteiger partial charge is 0.490 e. The van der Waals surface area contributed by atoms with Crippen molar-refractivity contribution in [2.24, 2.45) is 0 Å². The molecule has 33 heavy (non-hydrogen) atoms. The topological polar surface area (TPSA) is 92.3 Å². The number of amides is 1. The number of rotatable bonds is 11. The number of alkyl halides is 3. The van der Waals surface area contributed by atoms with Gasteiger partial charge in [-0.1, -0.05) is 0 Å². The van der Waals surface area contributed by atoms with Crippen LogP contribution in [0.1, 0.15) is 31.1 Å². The third kappa shape index (κ3) is 8.09. The summed E-state index contributed by atoms with van der Waals surface area (Å²) in [4.78, 5) is 24.6. The number of hydrogen-bond donors (Lipinski definition) is 1. The molecule has 0 aliphatic rings. The Kier molecular flexibility index (Phi) is 9.19. The third-order valence-electron chi connectivity index (χ3n) is 3.85. The molecule has 8 nitrogen and oxygen atoms in total. The predicted octanol–water partition coefficient (Wildman–Crippen LogP) is 4.58. The van der Waals surface area contributed by atoms with Crippen molar-refractivity contribution in [2.75, 3.05) is 31.7 Å². The summed E-state index contributed by atoms with van der Waals surface area (Å²) in [6.07, 6.45) is -4.82. The lowest BCUT2D eigenvalue weighted by atomic mass is 10.2. The fourth-order valence-electron chi connectivity index (χ4n) is 2.66.